The van der Waals surface area contributed by atoms with Gasteiger partial charge in [0.1, 0.15) is 5.82 Å². The van der Waals surface area contributed by atoms with Crippen LogP contribution in [0, 0.1) is 5.41 Å². The molecule has 0 bridgehead atoms. The van der Waals surface area contributed by atoms with Gasteiger partial charge in [0, 0.05) is 26.1 Å². The van der Waals surface area contributed by atoms with Gasteiger partial charge in [0.15, 0.2) is 5.96 Å². The molecule has 0 aliphatic carbocycles. The lowest BCUT2D eigenvalue weighted by atomic mass is 10.0. The first kappa shape index (κ1) is 15.2. The van der Waals surface area contributed by atoms with Crippen molar-refractivity contribution in [2.24, 2.45) is 0 Å². The maximum absolute atomic E-state index is 12.2. The average Bonchev–Trinajstić information content (AvgIpc) is 2.48. The van der Waals surface area contributed by atoms with Crippen LogP contribution in [-0.2, 0) is 4.79 Å². The van der Waals surface area contributed by atoms with E-state index in [2.05, 4.69) is 20.5 Å². The minimum Gasteiger partial charge on any atom is -0.359 e. The Labute approximate surface area is 124 Å². The van der Waals surface area contributed by atoms with Crippen LogP contribution in [-0.4, -0.2) is 55.5 Å². The van der Waals surface area contributed by atoms with Crippen molar-refractivity contribution >= 4 is 23.4 Å². The van der Waals surface area contributed by atoms with Gasteiger partial charge in [0.25, 0.3) is 0 Å². The summed E-state index contributed by atoms with van der Waals surface area (Å²) in [6.45, 7) is 0.711. The monoisotopic (exact) mass is 290 g/mol. The first-order valence-corrected chi connectivity index (χ1v) is 6.97. The Balaban J connectivity index is 2.02. The van der Waals surface area contributed by atoms with Crippen molar-refractivity contribution in [1.82, 2.24) is 15.2 Å². The first-order valence-electron chi connectivity index (χ1n) is 6.97. The molecule has 1 atom stereocenters. The molecule has 0 spiro atoms. The number of carbonyl (C=O) groups is 1. The zero-order valence-electron chi connectivity index (χ0n) is 12.7. The minimum absolute atomic E-state index is 0.130. The Bertz CT molecular complexity index is 513. The zero-order chi connectivity index (χ0) is 15.4. The molecule has 0 radical (unpaired) electrons. The van der Waals surface area contributed by atoms with Gasteiger partial charge in [0.2, 0.25) is 5.91 Å². The molecule has 1 amide bonds. The van der Waals surface area contributed by atoms with Crippen LogP contribution in [0.5, 0.6) is 0 Å². The Morgan fingerprint density at radius 2 is 2.24 bits per heavy atom. The molecule has 1 aromatic heterocycles. The number of amides is 1. The number of hydrogen-bond donors (Lipinski definition) is 3. The average molecular weight is 290 g/mol. The Morgan fingerprint density at radius 1 is 1.48 bits per heavy atom. The second-order valence-corrected chi connectivity index (χ2v) is 5.31. The van der Waals surface area contributed by atoms with Crippen LogP contribution in [0.15, 0.2) is 18.3 Å². The Hall–Kier alpha value is -2.15. The molecule has 21 heavy (non-hydrogen) atoms. The summed E-state index contributed by atoms with van der Waals surface area (Å²) in [7, 11) is 5.68. The molecule has 0 saturated carbocycles. The lowest BCUT2D eigenvalue weighted by Crippen LogP contribution is -2.45. The number of rotatable bonds is 3. The summed E-state index contributed by atoms with van der Waals surface area (Å²) in [5.41, 5.74) is 0.804. The van der Waals surface area contributed by atoms with Crippen molar-refractivity contribution in [3.05, 3.63) is 18.3 Å². The molecule has 7 heteroatoms. The number of aromatic nitrogens is 1. The van der Waals surface area contributed by atoms with Crippen LogP contribution in [0.25, 0.3) is 0 Å². The van der Waals surface area contributed by atoms with Crippen LogP contribution in [0.1, 0.15) is 12.8 Å². The van der Waals surface area contributed by atoms with Crippen LogP contribution >= 0.6 is 0 Å². The lowest BCUT2D eigenvalue weighted by Gasteiger charge is -2.34. The number of nitrogens with one attached hydrogen (secondary N) is 3. The molecule has 1 aliphatic rings. The number of anilines is 2. The van der Waals surface area contributed by atoms with E-state index in [0.717, 1.165) is 12.1 Å². The molecular weight excluding hydrogens is 268 g/mol. The van der Waals surface area contributed by atoms with Gasteiger partial charge in [-0.25, -0.2) is 4.98 Å². The quantitative estimate of drug-likeness (QED) is 0.564. The standard InChI is InChI=1S/C14H22N6O/c1-16-14(15)18-12-5-4-11(9-17-12)20-7-6-10(19(2)3)8-13(20)21/h4-5,9-10H,6-8H2,1-3H3,(H3,15,16,17,18)/t10-/m1/s1. The number of nitrogens with zero attached hydrogens (tertiary/aromatic N) is 3. The molecule has 1 aromatic rings. The van der Waals surface area contributed by atoms with Crippen LogP contribution < -0.4 is 15.5 Å². The summed E-state index contributed by atoms with van der Waals surface area (Å²) in [6.07, 6.45) is 3.17. The highest BCUT2D eigenvalue weighted by molar-refractivity contribution is 5.95. The van der Waals surface area contributed by atoms with Gasteiger partial charge in [-0.3, -0.25) is 10.2 Å². The highest BCUT2D eigenvalue weighted by Crippen LogP contribution is 2.22. The zero-order valence-corrected chi connectivity index (χ0v) is 12.7. The summed E-state index contributed by atoms with van der Waals surface area (Å²) in [5.74, 6) is 0.886. The molecule has 1 saturated heterocycles. The highest BCUT2D eigenvalue weighted by Gasteiger charge is 2.27. The van der Waals surface area contributed by atoms with Gasteiger partial charge in [-0.05, 0) is 32.6 Å². The summed E-state index contributed by atoms with van der Waals surface area (Å²) in [4.78, 5) is 20.3. The maximum atomic E-state index is 12.2. The highest BCUT2D eigenvalue weighted by atomic mass is 16.2. The largest absolute Gasteiger partial charge is 0.359 e. The second kappa shape index (κ2) is 6.53. The fraction of sp³-hybridized carbons (Fsp3) is 0.500. The van der Waals surface area contributed by atoms with Crippen LogP contribution in [0.3, 0.4) is 0 Å². The van der Waals surface area contributed by atoms with Gasteiger partial charge < -0.3 is 20.4 Å². The fourth-order valence-electron chi connectivity index (χ4n) is 2.34. The molecule has 7 nitrogen and oxygen atoms in total. The SMILES string of the molecule is CNC(=N)Nc1ccc(N2CC[C@@H](N(C)C)CC2=O)cn1. The predicted octanol–water partition coefficient (Wildman–Crippen LogP) is 0.705. The summed E-state index contributed by atoms with van der Waals surface area (Å²) < 4.78 is 0. The molecule has 1 fully saturated rings. The van der Waals surface area contributed by atoms with Crippen LogP contribution in [0.4, 0.5) is 11.5 Å². The van der Waals surface area contributed by atoms with Gasteiger partial charge >= 0.3 is 0 Å². The van der Waals surface area contributed by atoms with E-state index in [1.54, 1.807) is 24.2 Å². The van der Waals surface area contributed by atoms with Gasteiger partial charge in [-0.1, -0.05) is 0 Å². The van der Waals surface area contributed by atoms with Crippen LogP contribution in [0.2, 0.25) is 0 Å². The van der Waals surface area contributed by atoms with E-state index >= 15 is 0 Å². The third kappa shape index (κ3) is 3.69. The van der Waals surface area contributed by atoms with Crippen molar-refractivity contribution in [3.63, 3.8) is 0 Å². The number of hydrogen-bond acceptors (Lipinski definition) is 4. The fourth-order valence-corrected chi connectivity index (χ4v) is 2.34. The number of piperidine rings is 1. The van der Waals surface area contributed by atoms with Crippen molar-refractivity contribution in [2.45, 2.75) is 18.9 Å². The third-order valence-corrected chi connectivity index (χ3v) is 3.69. The lowest BCUT2D eigenvalue weighted by molar-refractivity contribution is -0.120. The number of carbonyl (C=O) groups excluding carboxylic acids is 1. The normalized spacial score (nSPS) is 18.8. The van der Waals surface area contributed by atoms with E-state index in [-0.39, 0.29) is 11.9 Å². The van der Waals surface area contributed by atoms with E-state index in [1.807, 2.05) is 20.2 Å². The first-order chi connectivity index (χ1) is 10.0. The molecule has 1 aliphatic heterocycles. The minimum atomic E-state index is 0.130. The molecular formula is C14H22N6O. The van der Waals surface area contributed by atoms with Crippen molar-refractivity contribution < 1.29 is 4.79 Å². The van der Waals surface area contributed by atoms with E-state index in [1.165, 1.54) is 0 Å². The predicted molar refractivity (Wildman–Crippen MR) is 83.7 cm³/mol. The van der Waals surface area contributed by atoms with Gasteiger partial charge in [-0.2, -0.15) is 0 Å². The molecule has 0 aromatic carbocycles. The van der Waals surface area contributed by atoms with Gasteiger partial charge in [-0.15, -0.1) is 0 Å². The van der Waals surface area contributed by atoms with Crippen molar-refractivity contribution in [1.29, 1.82) is 5.41 Å². The topological polar surface area (TPSA) is 84.4 Å². The van der Waals surface area contributed by atoms with Gasteiger partial charge in [0.05, 0.1) is 11.9 Å². The number of pyridine rings is 1. The van der Waals surface area contributed by atoms with E-state index < -0.39 is 0 Å². The summed E-state index contributed by atoms with van der Waals surface area (Å²) >= 11 is 0. The third-order valence-electron chi connectivity index (χ3n) is 3.69. The van der Waals surface area contributed by atoms with Crippen molar-refractivity contribution in [2.75, 3.05) is 37.9 Å². The smallest absolute Gasteiger partial charge is 0.228 e. The maximum Gasteiger partial charge on any atom is 0.228 e. The van der Waals surface area contributed by atoms with E-state index in [9.17, 15) is 4.79 Å². The Kier molecular flexibility index (Phi) is 4.74. The molecule has 2 heterocycles. The second-order valence-electron chi connectivity index (χ2n) is 5.31. The van der Waals surface area contributed by atoms with E-state index in [4.69, 9.17) is 5.41 Å². The molecule has 2 rings (SSSR count). The Morgan fingerprint density at radius 3 is 2.76 bits per heavy atom. The summed E-state index contributed by atoms with van der Waals surface area (Å²) in [6, 6.07) is 3.94. The molecule has 3 N–H and O–H groups in total. The molecule has 114 valence electrons. The summed E-state index contributed by atoms with van der Waals surface area (Å²) in [5, 5.41) is 13.0. The molecule has 0 unspecified atom stereocenters. The number of guanidine groups is 1. The van der Waals surface area contributed by atoms with E-state index in [0.29, 0.717) is 24.8 Å². The van der Waals surface area contributed by atoms with Crippen molar-refractivity contribution in [3.8, 4) is 0 Å².